The number of carbonyl (C=O) groups is 1. The third-order valence-corrected chi connectivity index (χ3v) is 7.63. The first-order valence-electron chi connectivity index (χ1n) is 12.6. The number of hydrogen-bond acceptors (Lipinski definition) is 4. The minimum Gasteiger partial charge on any atom is -0.488 e. The Morgan fingerprint density at radius 3 is 2.71 bits per heavy atom. The number of ether oxygens (including phenoxy) is 2. The van der Waals surface area contributed by atoms with E-state index in [9.17, 15) is 18.0 Å². The number of aliphatic carboxylic acids is 1. The van der Waals surface area contributed by atoms with E-state index < -0.39 is 17.7 Å². The van der Waals surface area contributed by atoms with Crippen molar-refractivity contribution in [3.05, 3.63) is 99.6 Å². The Bertz CT molecular complexity index is 1450. The second-order valence-corrected chi connectivity index (χ2v) is 9.99. The number of hydrogen-bond donors (Lipinski definition) is 1. The molecule has 5 nitrogen and oxygen atoms in total. The van der Waals surface area contributed by atoms with Gasteiger partial charge in [-0.05, 0) is 65.3 Å². The Hall–Kier alpha value is -3.78. The number of fused-ring (bicyclic) bond motifs is 3. The molecule has 1 N–H and O–H groups in total. The summed E-state index contributed by atoms with van der Waals surface area (Å²) in [5.74, 6) is 0.0288. The Labute approximate surface area is 218 Å². The van der Waals surface area contributed by atoms with Crippen molar-refractivity contribution in [1.82, 2.24) is 4.90 Å². The Balaban J connectivity index is 1.27. The van der Waals surface area contributed by atoms with Gasteiger partial charge in [0, 0.05) is 42.9 Å². The maximum absolute atomic E-state index is 14.1. The Kier molecular flexibility index (Phi) is 6.14. The fourth-order valence-electron chi connectivity index (χ4n) is 5.85. The van der Waals surface area contributed by atoms with Gasteiger partial charge in [0.25, 0.3) is 0 Å². The van der Waals surface area contributed by atoms with E-state index in [0.29, 0.717) is 54.1 Å². The van der Waals surface area contributed by atoms with E-state index in [1.165, 1.54) is 17.2 Å². The van der Waals surface area contributed by atoms with Crippen LogP contribution in [0.25, 0.3) is 5.57 Å². The van der Waals surface area contributed by atoms with Gasteiger partial charge in [0.1, 0.15) is 24.2 Å². The van der Waals surface area contributed by atoms with E-state index in [2.05, 4.69) is 11.0 Å². The maximum Gasteiger partial charge on any atom is 0.416 e. The predicted molar refractivity (Wildman–Crippen MR) is 135 cm³/mol. The van der Waals surface area contributed by atoms with Crippen LogP contribution in [0.2, 0.25) is 0 Å². The molecule has 0 amide bonds. The zero-order valence-corrected chi connectivity index (χ0v) is 20.6. The summed E-state index contributed by atoms with van der Waals surface area (Å²) in [6, 6.07) is 16.1. The molecular formula is C30H26F3NO4. The van der Waals surface area contributed by atoms with Crippen LogP contribution in [0.4, 0.5) is 13.2 Å². The predicted octanol–water partition coefficient (Wildman–Crippen LogP) is 6.19. The van der Waals surface area contributed by atoms with Crippen LogP contribution in [0.5, 0.6) is 11.5 Å². The van der Waals surface area contributed by atoms with Crippen LogP contribution in [0.15, 0.2) is 60.7 Å². The third-order valence-electron chi connectivity index (χ3n) is 7.63. The van der Waals surface area contributed by atoms with Crippen LogP contribution in [0, 0.1) is 0 Å². The summed E-state index contributed by atoms with van der Waals surface area (Å²) in [6.45, 7) is 1.75. The molecule has 0 spiro atoms. The van der Waals surface area contributed by atoms with E-state index in [1.807, 2.05) is 18.2 Å². The molecule has 0 radical (unpaired) electrons. The van der Waals surface area contributed by atoms with Crippen molar-refractivity contribution >= 4 is 11.5 Å². The van der Waals surface area contributed by atoms with E-state index in [0.717, 1.165) is 23.6 Å². The molecule has 3 aromatic rings. The molecule has 1 atom stereocenters. The molecule has 196 valence electrons. The fraction of sp³-hybridized carbons (Fsp3) is 0.300. The topological polar surface area (TPSA) is 59.0 Å². The van der Waals surface area contributed by atoms with Gasteiger partial charge in [-0.15, -0.1) is 0 Å². The monoisotopic (exact) mass is 521 g/mol. The second-order valence-electron chi connectivity index (χ2n) is 9.99. The van der Waals surface area contributed by atoms with Gasteiger partial charge in [0.15, 0.2) is 0 Å². The van der Waals surface area contributed by atoms with Crippen LogP contribution in [-0.4, -0.2) is 29.1 Å². The summed E-state index contributed by atoms with van der Waals surface area (Å²) in [5.41, 5.74) is 5.00. The van der Waals surface area contributed by atoms with Gasteiger partial charge in [-0.25, -0.2) is 4.79 Å². The SMILES string of the molecule is O=C(O)/C=C1\COc2cc(O[C@@H]3CCc4c3ccc(C(F)(F)F)c4CN3CCc4ccccc4C3)ccc21. The molecule has 3 aliphatic rings. The minimum absolute atomic E-state index is 0.169. The molecule has 0 unspecified atom stereocenters. The summed E-state index contributed by atoms with van der Waals surface area (Å²) in [4.78, 5) is 13.1. The first-order valence-corrected chi connectivity index (χ1v) is 12.6. The van der Waals surface area contributed by atoms with Crippen molar-refractivity contribution in [1.29, 1.82) is 0 Å². The molecule has 1 aliphatic carbocycles. The highest BCUT2D eigenvalue weighted by atomic mass is 19.4. The summed E-state index contributed by atoms with van der Waals surface area (Å²) >= 11 is 0. The summed E-state index contributed by atoms with van der Waals surface area (Å²) < 4.78 is 54.1. The van der Waals surface area contributed by atoms with E-state index in [-0.39, 0.29) is 19.3 Å². The lowest BCUT2D eigenvalue weighted by Gasteiger charge is -2.30. The lowest BCUT2D eigenvalue weighted by atomic mass is 9.94. The number of benzene rings is 3. The largest absolute Gasteiger partial charge is 0.488 e. The molecule has 8 heteroatoms. The van der Waals surface area contributed by atoms with Crippen molar-refractivity contribution < 1.29 is 32.5 Å². The molecule has 0 saturated heterocycles. The molecule has 0 bridgehead atoms. The normalized spacial score (nSPS) is 19.6. The smallest absolute Gasteiger partial charge is 0.416 e. The highest BCUT2D eigenvalue weighted by molar-refractivity contribution is 5.92. The first kappa shape index (κ1) is 24.6. The van der Waals surface area contributed by atoms with Gasteiger partial charge in [-0.1, -0.05) is 30.3 Å². The Morgan fingerprint density at radius 1 is 1.11 bits per heavy atom. The van der Waals surface area contributed by atoms with E-state index in [4.69, 9.17) is 14.6 Å². The number of carboxylic acid groups (broad SMARTS) is 1. The molecule has 0 saturated carbocycles. The second kappa shape index (κ2) is 9.51. The average molecular weight is 522 g/mol. The standard InChI is InChI=1S/C30H26F3NO4/c31-30(32,33)26-9-7-24-23(25(26)16-34-12-11-18-3-1-2-4-19(18)15-34)8-10-27(24)38-21-5-6-22-20(13-29(35)36)17-37-28(22)14-21/h1-7,9,13-14,27H,8,10-12,15-17H2,(H,35,36)/b20-13+/t27-/m1/s1. The molecule has 2 aliphatic heterocycles. The molecule has 0 aromatic heterocycles. The number of alkyl halides is 3. The van der Waals surface area contributed by atoms with Gasteiger partial charge in [-0.2, -0.15) is 13.2 Å². The number of carboxylic acids is 1. The molecule has 0 fully saturated rings. The molecule has 2 heterocycles. The van der Waals surface area contributed by atoms with Crippen LogP contribution >= 0.6 is 0 Å². The van der Waals surface area contributed by atoms with Gasteiger partial charge in [0.05, 0.1) is 5.56 Å². The highest BCUT2D eigenvalue weighted by Gasteiger charge is 2.38. The lowest BCUT2D eigenvalue weighted by Crippen LogP contribution is -2.31. The highest BCUT2D eigenvalue weighted by Crippen LogP contribution is 2.44. The fourth-order valence-corrected chi connectivity index (χ4v) is 5.85. The summed E-state index contributed by atoms with van der Waals surface area (Å²) in [7, 11) is 0. The van der Waals surface area contributed by atoms with Crippen LogP contribution in [0.1, 0.15) is 51.5 Å². The minimum atomic E-state index is -4.44. The summed E-state index contributed by atoms with van der Waals surface area (Å²) in [6.07, 6.45) is -1.77. The van der Waals surface area contributed by atoms with Gasteiger partial charge in [-0.3, -0.25) is 4.90 Å². The molecule has 3 aromatic carbocycles. The average Bonchev–Trinajstić information content (AvgIpc) is 3.47. The van der Waals surface area contributed by atoms with E-state index >= 15 is 0 Å². The number of halogens is 3. The van der Waals surface area contributed by atoms with E-state index in [1.54, 1.807) is 24.3 Å². The van der Waals surface area contributed by atoms with Crippen molar-refractivity contribution in [2.24, 2.45) is 0 Å². The zero-order chi connectivity index (χ0) is 26.4. The third kappa shape index (κ3) is 4.65. The van der Waals surface area contributed by atoms with Crippen LogP contribution in [-0.2, 0) is 36.9 Å². The molecule has 6 rings (SSSR count). The van der Waals surface area contributed by atoms with Crippen molar-refractivity contribution in [3.8, 4) is 11.5 Å². The van der Waals surface area contributed by atoms with Gasteiger partial charge in [0.2, 0.25) is 0 Å². The van der Waals surface area contributed by atoms with Gasteiger partial charge < -0.3 is 14.6 Å². The Morgan fingerprint density at radius 2 is 1.92 bits per heavy atom. The summed E-state index contributed by atoms with van der Waals surface area (Å²) in [5, 5.41) is 9.05. The number of nitrogens with zero attached hydrogens (tertiary/aromatic N) is 1. The molecule has 38 heavy (non-hydrogen) atoms. The van der Waals surface area contributed by atoms with Crippen molar-refractivity contribution in [2.75, 3.05) is 13.2 Å². The molecular weight excluding hydrogens is 495 g/mol. The van der Waals surface area contributed by atoms with Crippen molar-refractivity contribution in [3.63, 3.8) is 0 Å². The quantitative estimate of drug-likeness (QED) is 0.406. The van der Waals surface area contributed by atoms with Crippen LogP contribution < -0.4 is 9.47 Å². The lowest BCUT2D eigenvalue weighted by molar-refractivity contribution is -0.138. The first-order chi connectivity index (χ1) is 18.3. The zero-order valence-electron chi connectivity index (χ0n) is 20.6. The number of rotatable bonds is 5. The van der Waals surface area contributed by atoms with Crippen molar-refractivity contribution in [2.45, 2.75) is 44.6 Å². The maximum atomic E-state index is 14.1. The van der Waals surface area contributed by atoms with Crippen LogP contribution in [0.3, 0.4) is 0 Å². The van der Waals surface area contributed by atoms with Gasteiger partial charge >= 0.3 is 12.1 Å².